The van der Waals surface area contributed by atoms with E-state index in [0.29, 0.717) is 16.6 Å². The highest BCUT2D eigenvalue weighted by Crippen LogP contribution is 2.34. The number of H-pyrrole nitrogens is 1. The van der Waals surface area contributed by atoms with Crippen molar-refractivity contribution in [2.75, 3.05) is 0 Å². The standard InChI is InChI=1S/C19H17ClN4O5/c1-3-11(2)29-17-12(8-13(20)9-16(17)24(27)28)10-21-23-18(25)14-6-4-5-7-15(14)22-19(23)26/h4-11H,3H2,1-2H3,(H,22,26)/t11-/m0/s1. The molecule has 29 heavy (non-hydrogen) atoms. The van der Waals surface area contributed by atoms with Crippen LogP contribution in [-0.2, 0) is 0 Å². The van der Waals surface area contributed by atoms with E-state index in [1.807, 2.05) is 6.92 Å². The van der Waals surface area contributed by atoms with E-state index in [0.717, 1.165) is 6.21 Å². The summed E-state index contributed by atoms with van der Waals surface area (Å²) >= 11 is 6.00. The van der Waals surface area contributed by atoms with Gasteiger partial charge < -0.3 is 9.72 Å². The molecule has 0 aliphatic heterocycles. The van der Waals surface area contributed by atoms with Gasteiger partial charge >= 0.3 is 11.4 Å². The molecule has 3 rings (SSSR count). The molecule has 0 aliphatic carbocycles. The Morgan fingerprint density at radius 2 is 2.07 bits per heavy atom. The topological polar surface area (TPSA) is 120 Å². The first-order chi connectivity index (χ1) is 13.8. The first kappa shape index (κ1) is 20.3. The van der Waals surface area contributed by atoms with Gasteiger partial charge in [0.05, 0.1) is 28.1 Å². The van der Waals surface area contributed by atoms with E-state index in [2.05, 4.69) is 10.1 Å². The SMILES string of the molecule is CC[C@H](C)Oc1c(C=Nn2c(=O)[nH]c3ccccc3c2=O)cc(Cl)cc1[N+](=O)[O-]. The van der Waals surface area contributed by atoms with Crippen molar-refractivity contribution in [2.24, 2.45) is 5.10 Å². The number of ether oxygens (including phenoxy) is 1. The van der Waals surface area contributed by atoms with Crippen LogP contribution in [0.5, 0.6) is 5.75 Å². The van der Waals surface area contributed by atoms with Gasteiger partial charge in [0.2, 0.25) is 5.75 Å². The number of hydrogen-bond donors (Lipinski definition) is 1. The van der Waals surface area contributed by atoms with E-state index in [4.69, 9.17) is 16.3 Å². The molecule has 0 bridgehead atoms. The normalized spacial score (nSPS) is 12.4. The molecule has 9 nitrogen and oxygen atoms in total. The number of fused-ring (bicyclic) bond motifs is 1. The molecule has 1 atom stereocenters. The molecule has 10 heteroatoms. The van der Waals surface area contributed by atoms with Crippen LogP contribution in [0.2, 0.25) is 5.02 Å². The fourth-order valence-corrected chi connectivity index (χ4v) is 2.84. The third-order valence-electron chi connectivity index (χ3n) is 4.25. The molecule has 150 valence electrons. The number of rotatable bonds is 6. The van der Waals surface area contributed by atoms with Crippen molar-refractivity contribution >= 4 is 34.4 Å². The number of nitro benzene ring substituents is 1. The predicted molar refractivity (Wildman–Crippen MR) is 110 cm³/mol. The fourth-order valence-electron chi connectivity index (χ4n) is 2.62. The lowest BCUT2D eigenvalue weighted by Gasteiger charge is -2.15. The molecule has 0 unspecified atom stereocenters. The van der Waals surface area contributed by atoms with Gasteiger partial charge in [-0.1, -0.05) is 30.7 Å². The molecule has 0 spiro atoms. The molecule has 0 radical (unpaired) electrons. The van der Waals surface area contributed by atoms with Gasteiger partial charge in [-0.2, -0.15) is 5.10 Å². The maximum absolute atomic E-state index is 12.6. The Bertz CT molecular complexity index is 1230. The number of nitrogens with zero attached hydrogens (tertiary/aromatic N) is 3. The Kier molecular flexibility index (Phi) is 5.79. The van der Waals surface area contributed by atoms with E-state index in [-0.39, 0.29) is 33.5 Å². The minimum atomic E-state index is -0.745. The minimum Gasteiger partial charge on any atom is -0.483 e. The number of benzene rings is 2. The molecule has 0 saturated carbocycles. The van der Waals surface area contributed by atoms with E-state index in [1.54, 1.807) is 31.2 Å². The number of halogens is 1. The molecule has 1 heterocycles. The van der Waals surface area contributed by atoms with E-state index >= 15 is 0 Å². The minimum absolute atomic E-state index is 0.0391. The highest BCUT2D eigenvalue weighted by molar-refractivity contribution is 6.31. The monoisotopic (exact) mass is 416 g/mol. The highest BCUT2D eigenvalue weighted by atomic mass is 35.5. The van der Waals surface area contributed by atoms with Crippen LogP contribution >= 0.6 is 11.6 Å². The summed E-state index contributed by atoms with van der Waals surface area (Å²) in [7, 11) is 0. The number of aromatic amines is 1. The zero-order valence-corrected chi connectivity index (χ0v) is 16.3. The second-order valence-electron chi connectivity index (χ2n) is 6.27. The zero-order chi connectivity index (χ0) is 21.1. The van der Waals surface area contributed by atoms with Crippen LogP contribution in [0.1, 0.15) is 25.8 Å². The van der Waals surface area contributed by atoms with Crippen molar-refractivity contribution in [2.45, 2.75) is 26.4 Å². The van der Waals surface area contributed by atoms with Crippen molar-refractivity contribution in [3.8, 4) is 5.75 Å². The van der Waals surface area contributed by atoms with Crippen molar-refractivity contribution in [3.63, 3.8) is 0 Å². The third-order valence-corrected chi connectivity index (χ3v) is 4.47. The average Bonchev–Trinajstić information content (AvgIpc) is 2.68. The van der Waals surface area contributed by atoms with E-state index in [1.165, 1.54) is 12.1 Å². The summed E-state index contributed by atoms with van der Waals surface area (Å²) in [5, 5.41) is 15.7. The Morgan fingerprint density at radius 3 is 2.76 bits per heavy atom. The summed E-state index contributed by atoms with van der Waals surface area (Å²) in [5.41, 5.74) is -1.15. The predicted octanol–water partition coefficient (Wildman–Crippen LogP) is 3.31. The lowest BCUT2D eigenvalue weighted by atomic mass is 10.1. The summed E-state index contributed by atoms with van der Waals surface area (Å²) < 4.78 is 6.34. The van der Waals surface area contributed by atoms with Gasteiger partial charge in [0.25, 0.3) is 5.56 Å². The first-order valence-corrected chi connectivity index (χ1v) is 9.12. The number of para-hydroxylation sites is 1. The van der Waals surface area contributed by atoms with Crippen LogP contribution in [0.3, 0.4) is 0 Å². The first-order valence-electron chi connectivity index (χ1n) is 8.74. The van der Waals surface area contributed by atoms with Crippen molar-refractivity contribution < 1.29 is 9.66 Å². The number of hydrogen-bond acceptors (Lipinski definition) is 6. The van der Waals surface area contributed by atoms with Gasteiger partial charge in [0, 0.05) is 16.7 Å². The van der Waals surface area contributed by atoms with Gasteiger partial charge in [0.1, 0.15) is 0 Å². The van der Waals surface area contributed by atoms with Crippen LogP contribution < -0.4 is 16.0 Å². The molecular formula is C19H17ClN4O5. The Hall–Kier alpha value is -3.46. The maximum Gasteiger partial charge on any atom is 0.349 e. The van der Waals surface area contributed by atoms with Crippen LogP contribution in [0.25, 0.3) is 10.9 Å². The van der Waals surface area contributed by atoms with Gasteiger partial charge in [-0.05, 0) is 31.5 Å². The average molecular weight is 417 g/mol. The van der Waals surface area contributed by atoms with Gasteiger partial charge in [-0.15, -0.1) is 4.68 Å². The largest absolute Gasteiger partial charge is 0.483 e. The Morgan fingerprint density at radius 1 is 1.34 bits per heavy atom. The van der Waals surface area contributed by atoms with E-state index in [9.17, 15) is 19.7 Å². The summed E-state index contributed by atoms with van der Waals surface area (Å²) in [4.78, 5) is 38.2. The van der Waals surface area contributed by atoms with Crippen molar-refractivity contribution in [1.29, 1.82) is 0 Å². The second kappa shape index (κ2) is 8.27. The lowest BCUT2D eigenvalue weighted by molar-refractivity contribution is -0.386. The second-order valence-corrected chi connectivity index (χ2v) is 6.71. The van der Waals surface area contributed by atoms with Crippen LogP contribution in [0.15, 0.2) is 51.1 Å². The Labute approximate surface area is 169 Å². The number of nitrogens with one attached hydrogen (secondary N) is 1. The summed E-state index contributed by atoms with van der Waals surface area (Å²) in [6.45, 7) is 3.63. The zero-order valence-electron chi connectivity index (χ0n) is 15.6. The van der Waals surface area contributed by atoms with Gasteiger partial charge in [-0.25, -0.2) is 4.79 Å². The van der Waals surface area contributed by atoms with Crippen LogP contribution in [0.4, 0.5) is 5.69 Å². The van der Waals surface area contributed by atoms with Gasteiger partial charge in [-0.3, -0.25) is 14.9 Å². The summed E-state index contributed by atoms with van der Waals surface area (Å²) in [6, 6.07) is 9.09. The smallest absolute Gasteiger partial charge is 0.349 e. The van der Waals surface area contributed by atoms with E-state index < -0.39 is 16.2 Å². The van der Waals surface area contributed by atoms with Crippen LogP contribution in [-0.4, -0.2) is 26.9 Å². The fraction of sp³-hybridized carbons (Fsp3) is 0.211. The molecule has 1 aromatic heterocycles. The molecule has 0 saturated heterocycles. The summed E-state index contributed by atoms with van der Waals surface area (Å²) in [5.74, 6) is -0.0391. The Balaban J connectivity index is 2.16. The molecule has 0 amide bonds. The molecule has 1 N–H and O–H groups in total. The quantitative estimate of drug-likeness (QED) is 0.375. The molecule has 0 fully saturated rings. The molecule has 2 aromatic carbocycles. The third kappa shape index (κ3) is 4.19. The van der Waals surface area contributed by atoms with Crippen molar-refractivity contribution in [1.82, 2.24) is 9.66 Å². The highest BCUT2D eigenvalue weighted by Gasteiger charge is 2.22. The molecule has 3 aromatic rings. The molecule has 0 aliphatic rings. The number of aromatic nitrogens is 2. The van der Waals surface area contributed by atoms with Gasteiger partial charge in [0.15, 0.2) is 0 Å². The maximum atomic E-state index is 12.6. The van der Waals surface area contributed by atoms with Crippen molar-refractivity contribution in [3.05, 3.63) is 77.9 Å². The summed E-state index contributed by atoms with van der Waals surface area (Å²) in [6.07, 6.45) is 1.44. The van der Waals surface area contributed by atoms with Crippen LogP contribution in [0, 0.1) is 10.1 Å². The number of nitro groups is 1. The molecular weight excluding hydrogens is 400 g/mol. The lowest BCUT2D eigenvalue weighted by Crippen LogP contribution is -2.32.